The van der Waals surface area contributed by atoms with Crippen molar-refractivity contribution in [1.29, 1.82) is 0 Å². The summed E-state index contributed by atoms with van der Waals surface area (Å²) >= 11 is 4.17. The molecule has 0 heterocycles. The number of aliphatic imine (C=N–C) groups is 1. The Kier molecular flexibility index (Phi) is 3.33. The van der Waals surface area contributed by atoms with Crippen LogP contribution in [0, 0.1) is 15.9 Å². The van der Waals surface area contributed by atoms with Crippen LogP contribution in [0.25, 0.3) is 0 Å². The number of isothiocyanates is 1. The Morgan fingerprint density at radius 2 is 2.27 bits per heavy atom. The molecule has 0 saturated heterocycles. The van der Waals surface area contributed by atoms with Crippen LogP contribution in [-0.4, -0.2) is 16.0 Å². The predicted octanol–water partition coefficient (Wildman–Crippen LogP) is 1.98. The number of thiocarbonyl (C=S) groups is 1. The van der Waals surface area contributed by atoms with E-state index in [1.165, 1.54) is 0 Å². The zero-order valence-electron chi connectivity index (χ0n) is 7.14. The highest BCUT2D eigenvalue weighted by atomic mass is 32.1. The minimum Gasteiger partial charge on any atom is -0.266 e. The van der Waals surface area contributed by atoms with Gasteiger partial charge >= 0.3 is 0 Å². The van der Waals surface area contributed by atoms with E-state index in [0.717, 1.165) is 18.2 Å². The van der Waals surface area contributed by atoms with Crippen LogP contribution in [0.3, 0.4) is 0 Å². The van der Waals surface area contributed by atoms with Gasteiger partial charge < -0.3 is 0 Å². The average molecular weight is 226 g/mol. The van der Waals surface area contributed by atoms with E-state index < -0.39 is 27.9 Å². The minimum atomic E-state index is -0.990. The molecule has 0 bridgehead atoms. The molecule has 0 atom stereocenters. The molecular weight excluding hydrogens is 223 g/mol. The molecule has 0 radical (unpaired) electrons. The topological polar surface area (TPSA) is 72.6 Å². The monoisotopic (exact) mass is 226 g/mol. The first-order valence-corrected chi connectivity index (χ1v) is 4.03. The highest BCUT2D eigenvalue weighted by Crippen LogP contribution is 2.20. The summed E-state index contributed by atoms with van der Waals surface area (Å²) in [6.45, 7) is 0. The molecule has 5 nitrogen and oxygen atoms in total. The van der Waals surface area contributed by atoms with Crippen molar-refractivity contribution in [2.75, 3.05) is 0 Å². The van der Waals surface area contributed by atoms with Crippen molar-refractivity contribution in [1.82, 2.24) is 0 Å². The maximum absolute atomic E-state index is 12.7. The van der Waals surface area contributed by atoms with Gasteiger partial charge in [0.25, 0.3) is 11.6 Å². The summed E-state index contributed by atoms with van der Waals surface area (Å²) in [5.41, 5.74) is -0.965. The van der Waals surface area contributed by atoms with Gasteiger partial charge in [0.1, 0.15) is 11.4 Å². The number of carbonyl (C=O) groups is 1. The molecule has 0 fully saturated rings. The lowest BCUT2D eigenvalue weighted by Crippen LogP contribution is -2.01. The van der Waals surface area contributed by atoms with Gasteiger partial charge in [0, 0.05) is 6.07 Å². The van der Waals surface area contributed by atoms with Crippen LogP contribution in [0.4, 0.5) is 10.1 Å². The maximum Gasteiger partial charge on any atom is 0.292 e. The van der Waals surface area contributed by atoms with Gasteiger partial charge in [-0.1, -0.05) is 0 Å². The Bertz CT molecular complexity index is 483. The molecule has 0 aliphatic rings. The fourth-order valence-electron chi connectivity index (χ4n) is 0.940. The predicted molar refractivity (Wildman–Crippen MR) is 52.4 cm³/mol. The number of carbonyl (C=O) groups excluding carboxylic acids is 1. The molecule has 1 aromatic rings. The molecule has 0 spiro atoms. The molecule has 76 valence electrons. The third-order valence-corrected chi connectivity index (χ3v) is 1.62. The molecule has 0 aromatic heterocycles. The largest absolute Gasteiger partial charge is 0.292 e. The second-order valence-corrected chi connectivity index (χ2v) is 2.61. The Morgan fingerprint density at radius 1 is 1.60 bits per heavy atom. The summed E-state index contributed by atoms with van der Waals surface area (Å²) in [7, 11) is 0. The first-order valence-electron chi connectivity index (χ1n) is 3.62. The lowest BCUT2D eigenvalue weighted by molar-refractivity contribution is -0.385. The van der Waals surface area contributed by atoms with E-state index in [9.17, 15) is 19.3 Å². The van der Waals surface area contributed by atoms with E-state index in [4.69, 9.17) is 0 Å². The van der Waals surface area contributed by atoms with Crippen molar-refractivity contribution in [2.45, 2.75) is 0 Å². The second kappa shape index (κ2) is 4.50. The number of nitrogens with zero attached hydrogens (tertiary/aromatic N) is 2. The van der Waals surface area contributed by atoms with Crippen LogP contribution in [0.2, 0.25) is 0 Å². The van der Waals surface area contributed by atoms with Crippen LogP contribution in [-0.2, 0) is 0 Å². The second-order valence-electron chi connectivity index (χ2n) is 2.43. The highest BCUT2D eigenvalue weighted by molar-refractivity contribution is 7.78. The fourth-order valence-corrected chi connectivity index (χ4v) is 1.02. The van der Waals surface area contributed by atoms with Gasteiger partial charge in [-0.3, -0.25) is 14.9 Å². The number of rotatable bonds is 2. The van der Waals surface area contributed by atoms with Gasteiger partial charge in [0.15, 0.2) is 0 Å². The molecule has 0 unspecified atom stereocenters. The molecule has 7 heteroatoms. The van der Waals surface area contributed by atoms with Crippen LogP contribution in [0.1, 0.15) is 10.4 Å². The van der Waals surface area contributed by atoms with Crippen LogP contribution in [0.5, 0.6) is 0 Å². The van der Waals surface area contributed by atoms with Gasteiger partial charge in [-0.25, -0.2) is 4.39 Å². The third-order valence-electron chi connectivity index (χ3n) is 1.53. The van der Waals surface area contributed by atoms with Gasteiger partial charge in [-0.2, -0.15) is 4.99 Å². The summed E-state index contributed by atoms with van der Waals surface area (Å²) in [4.78, 5) is 23.9. The van der Waals surface area contributed by atoms with Crippen molar-refractivity contribution in [3.05, 3.63) is 39.7 Å². The summed E-state index contributed by atoms with van der Waals surface area (Å²) in [6.07, 6.45) is 0. The van der Waals surface area contributed by atoms with Crippen LogP contribution < -0.4 is 0 Å². The molecule has 0 aliphatic heterocycles. The molecule has 15 heavy (non-hydrogen) atoms. The number of halogens is 1. The van der Waals surface area contributed by atoms with Crippen molar-refractivity contribution < 1.29 is 14.1 Å². The molecule has 1 aromatic carbocycles. The SMILES string of the molecule is O=C(N=C=S)c1cc(F)ccc1[N+](=O)[O-]. The zero-order valence-corrected chi connectivity index (χ0v) is 7.95. The number of amides is 1. The molecule has 1 amide bonds. The van der Waals surface area contributed by atoms with Crippen LogP contribution in [0.15, 0.2) is 23.2 Å². The van der Waals surface area contributed by atoms with Crippen LogP contribution >= 0.6 is 12.2 Å². The number of hydrogen-bond acceptors (Lipinski definition) is 4. The Labute approximate surface area is 88.4 Å². The minimum absolute atomic E-state index is 0.447. The van der Waals surface area contributed by atoms with Crippen molar-refractivity contribution in [3.63, 3.8) is 0 Å². The lowest BCUT2D eigenvalue weighted by atomic mass is 10.1. The highest BCUT2D eigenvalue weighted by Gasteiger charge is 2.20. The van der Waals surface area contributed by atoms with Crippen molar-refractivity contribution in [3.8, 4) is 0 Å². The lowest BCUT2D eigenvalue weighted by Gasteiger charge is -1.97. The molecule has 0 aliphatic carbocycles. The number of nitro groups is 1. The van der Waals surface area contributed by atoms with E-state index in [-0.39, 0.29) is 0 Å². The van der Waals surface area contributed by atoms with Gasteiger partial charge in [0.2, 0.25) is 0 Å². The van der Waals surface area contributed by atoms with E-state index in [0.29, 0.717) is 0 Å². The van der Waals surface area contributed by atoms with E-state index >= 15 is 0 Å². The number of nitro benzene ring substituents is 1. The van der Waals surface area contributed by atoms with E-state index in [2.05, 4.69) is 17.2 Å². The Balaban J connectivity index is 3.36. The quantitative estimate of drug-likeness (QED) is 0.334. The summed E-state index contributed by atoms with van der Waals surface area (Å²) in [6, 6.07) is 2.51. The molecule has 0 N–H and O–H groups in total. The molecule has 0 saturated carbocycles. The summed E-state index contributed by atoms with van der Waals surface area (Å²) in [5.74, 6) is -1.75. The van der Waals surface area contributed by atoms with Gasteiger partial charge in [-0.15, -0.1) is 0 Å². The Morgan fingerprint density at radius 3 is 2.80 bits per heavy atom. The average Bonchev–Trinajstić information content (AvgIpc) is 2.17. The summed E-state index contributed by atoms with van der Waals surface area (Å²) in [5, 5.41) is 12.2. The van der Waals surface area contributed by atoms with E-state index in [1.807, 2.05) is 0 Å². The molecular formula is C8H3FN2O3S. The summed E-state index contributed by atoms with van der Waals surface area (Å²) < 4.78 is 12.7. The molecule has 1 rings (SSSR count). The van der Waals surface area contributed by atoms with Gasteiger partial charge in [0.05, 0.1) is 10.1 Å². The van der Waals surface area contributed by atoms with E-state index in [1.54, 1.807) is 5.16 Å². The first-order chi connectivity index (χ1) is 7.06. The number of benzene rings is 1. The zero-order chi connectivity index (χ0) is 11.4. The van der Waals surface area contributed by atoms with Crippen molar-refractivity contribution >= 4 is 29.0 Å². The normalized spacial score (nSPS) is 9.13. The van der Waals surface area contributed by atoms with Crippen molar-refractivity contribution in [2.24, 2.45) is 4.99 Å². The third kappa shape index (κ3) is 2.49. The smallest absolute Gasteiger partial charge is 0.266 e. The fraction of sp³-hybridized carbons (Fsp3) is 0. The maximum atomic E-state index is 12.7. The Hall–Kier alpha value is -1.98. The number of hydrogen-bond donors (Lipinski definition) is 0. The van der Waals surface area contributed by atoms with Gasteiger partial charge in [-0.05, 0) is 24.4 Å². The standard InChI is InChI=1S/C8H3FN2O3S/c9-5-1-2-7(11(13)14)6(3-5)8(12)10-4-15/h1-3H. The first kappa shape index (κ1) is 11.1.